The lowest BCUT2D eigenvalue weighted by atomic mass is 9.96. The summed E-state index contributed by atoms with van der Waals surface area (Å²) in [5.74, 6) is -1.74. The molecule has 0 saturated heterocycles. The molecule has 0 bridgehead atoms. The van der Waals surface area contributed by atoms with E-state index in [1.807, 2.05) is 6.07 Å². The molecule has 1 unspecified atom stereocenters. The Morgan fingerprint density at radius 1 is 1.18 bits per heavy atom. The number of hydrogen-bond acceptors (Lipinski definition) is 7. The van der Waals surface area contributed by atoms with E-state index in [0.717, 1.165) is 29.1 Å². The number of amides is 1. The number of esters is 1. The van der Waals surface area contributed by atoms with Gasteiger partial charge in [-0.05, 0) is 45.1 Å². The summed E-state index contributed by atoms with van der Waals surface area (Å²) < 4.78 is 51.3. The topological polar surface area (TPSA) is 100 Å². The number of ether oxygens (including phenoxy) is 2. The number of fused-ring (bicyclic) bond motifs is 1. The fraction of sp³-hybridized carbons (Fsp3) is 0.588. The van der Waals surface area contributed by atoms with E-state index in [2.05, 4.69) is 14.8 Å². The van der Waals surface area contributed by atoms with Crippen LogP contribution in [0.2, 0.25) is 0 Å². The van der Waals surface area contributed by atoms with Gasteiger partial charge in [-0.15, -0.1) is 11.3 Å². The van der Waals surface area contributed by atoms with Crippen molar-refractivity contribution >= 4 is 28.4 Å². The van der Waals surface area contributed by atoms with Gasteiger partial charge < -0.3 is 14.8 Å². The summed E-state index contributed by atoms with van der Waals surface area (Å²) in [6, 6.07) is 1.91. The highest BCUT2D eigenvalue weighted by Crippen LogP contribution is 2.41. The van der Waals surface area contributed by atoms with Gasteiger partial charge in [0.2, 0.25) is 0 Å². The molecule has 0 spiro atoms. The van der Waals surface area contributed by atoms with Crippen LogP contribution in [0.5, 0.6) is 0 Å². The highest BCUT2D eigenvalue weighted by atomic mass is 32.1. The molecule has 2 rings (SSSR count). The van der Waals surface area contributed by atoms with Crippen molar-refractivity contribution in [3.8, 4) is 6.07 Å². The van der Waals surface area contributed by atoms with Gasteiger partial charge in [0.25, 0.3) is 0 Å². The Kier molecular flexibility index (Phi) is 6.77. The second-order valence-electron chi connectivity index (χ2n) is 5.97. The van der Waals surface area contributed by atoms with E-state index in [9.17, 15) is 28.0 Å². The summed E-state index contributed by atoms with van der Waals surface area (Å²) in [4.78, 5) is 24.9. The second-order valence-corrected chi connectivity index (χ2v) is 7.07. The molecular formula is C17H20F3N3O4S. The van der Waals surface area contributed by atoms with Crippen molar-refractivity contribution < 1.29 is 32.2 Å². The third-order valence-electron chi connectivity index (χ3n) is 4.16. The van der Waals surface area contributed by atoms with Crippen LogP contribution in [0.15, 0.2) is 0 Å². The lowest BCUT2D eigenvalue weighted by molar-refractivity contribution is -0.205. The van der Waals surface area contributed by atoms with Crippen LogP contribution in [0.3, 0.4) is 0 Å². The number of nitrogens with zero attached hydrogens (tertiary/aromatic N) is 1. The van der Waals surface area contributed by atoms with Crippen LogP contribution >= 0.6 is 11.3 Å². The van der Waals surface area contributed by atoms with Gasteiger partial charge in [-0.3, -0.25) is 5.32 Å². The van der Waals surface area contributed by atoms with Gasteiger partial charge in [-0.1, -0.05) is 0 Å². The highest BCUT2D eigenvalue weighted by molar-refractivity contribution is 7.16. The van der Waals surface area contributed by atoms with E-state index in [1.54, 1.807) is 5.32 Å². The van der Waals surface area contributed by atoms with Gasteiger partial charge in [0.15, 0.2) is 0 Å². The zero-order valence-corrected chi connectivity index (χ0v) is 16.2. The molecule has 1 amide bonds. The lowest BCUT2D eigenvalue weighted by Crippen LogP contribution is -2.69. The summed E-state index contributed by atoms with van der Waals surface area (Å²) in [6.07, 6.45) is -3.83. The Hall–Kier alpha value is -2.48. The molecule has 1 aliphatic carbocycles. The number of aryl methyl sites for hydroxylation is 1. The van der Waals surface area contributed by atoms with Gasteiger partial charge in [-0.25, -0.2) is 9.59 Å². The number of rotatable bonds is 6. The largest absolute Gasteiger partial charge is 0.463 e. The number of carbonyl (C=O) groups is 2. The zero-order valence-electron chi connectivity index (χ0n) is 15.4. The standard InChI is InChI=1S/C17H20F3N3O4S/c1-3-26-14(24)16(17(18,19)20,23-15(25)27-4-2)22-13-11(9-21)10-7-5-6-8-12(10)28-13/h22H,3-8H2,1-2H3,(H,23,25). The number of carbonyl (C=O) groups excluding carboxylic acids is 2. The number of alkyl carbamates (subject to hydrolysis) is 1. The fourth-order valence-electron chi connectivity index (χ4n) is 2.89. The minimum absolute atomic E-state index is 0.0447. The monoisotopic (exact) mass is 419 g/mol. The molecule has 0 aromatic carbocycles. The van der Waals surface area contributed by atoms with Gasteiger partial charge in [0.05, 0.1) is 18.8 Å². The second kappa shape index (κ2) is 8.68. The normalized spacial score (nSPS) is 15.6. The van der Waals surface area contributed by atoms with Crippen LogP contribution in [-0.2, 0) is 27.1 Å². The van der Waals surface area contributed by atoms with Gasteiger partial charge in [0, 0.05) is 4.88 Å². The molecule has 154 valence electrons. The smallest absolute Gasteiger partial charge is 0.442 e. The van der Waals surface area contributed by atoms with Crippen molar-refractivity contribution in [1.82, 2.24) is 5.32 Å². The minimum Gasteiger partial charge on any atom is -0.463 e. The highest BCUT2D eigenvalue weighted by Gasteiger charge is 2.64. The SMILES string of the molecule is CCOC(=O)NC(Nc1sc2c(c1C#N)CCCC2)(C(=O)OCC)C(F)(F)F. The zero-order chi connectivity index (χ0) is 20.9. The maximum absolute atomic E-state index is 14.0. The number of alkyl halides is 3. The summed E-state index contributed by atoms with van der Waals surface area (Å²) in [6.45, 7) is 2.22. The van der Waals surface area contributed by atoms with E-state index < -0.39 is 23.9 Å². The Morgan fingerprint density at radius 3 is 2.39 bits per heavy atom. The number of anilines is 1. The third-order valence-corrected chi connectivity index (χ3v) is 5.36. The first kappa shape index (κ1) is 21.8. The molecule has 0 radical (unpaired) electrons. The molecule has 2 N–H and O–H groups in total. The van der Waals surface area contributed by atoms with E-state index in [4.69, 9.17) is 0 Å². The minimum atomic E-state index is -5.27. The molecule has 0 aliphatic heterocycles. The number of hydrogen-bond donors (Lipinski definition) is 2. The van der Waals surface area contributed by atoms with E-state index >= 15 is 0 Å². The van der Waals surface area contributed by atoms with E-state index in [0.29, 0.717) is 18.4 Å². The van der Waals surface area contributed by atoms with Crippen LogP contribution in [0.4, 0.5) is 23.0 Å². The molecular weight excluding hydrogens is 399 g/mol. The number of halogens is 3. The van der Waals surface area contributed by atoms with Gasteiger partial charge in [0.1, 0.15) is 11.1 Å². The van der Waals surface area contributed by atoms with Crippen molar-refractivity contribution in [3.05, 3.63) is 16.0 Å². The maximum Gasteiger partial charge on any atom is 0.442 e. The molecule has 1 atom stereocenters. The molecule has 1 aliphatic rings. The summed E-state index contributed by atoms with van der Waals surface area (Å²) in [5.41, 5.74) is -2.87. The Bertz CT molecular complexity index is 788. The molecule has 11 heteroatoms. The molecule has 0 fully saturated rings. The third kappa shape index (κ3) is 4.16. The van der Waals surface area contributed by atoms with Crippen LogP contribution in [0.25, 0.3) is 0 Å². The molecule has 7 nitrogen and oxygen atoms in total. The van der Waals surface area contributed by atoms with Crippen molar-refractivity contribution in [2.75, 3.05) is 18.5 Å². The van der Waals surface area contributed by atoms with Crippen molar-refractivity contribution in [2.45, 2.75) is 51.4 Å². The van der Waals surface area contributed by atoms with Gasteiger partial charge in [-0.2, -0.15) is 18.4 Å². The summed E-state index contributed by atoms with van der Waals surface area (Å²) in [5, 5.41) is 13.0. The van der Waals surface area contributed by atoms with Crippen molar-refractivity contribution in [3.63, 3.8) is 0 Å². The molecule has 1 aromatic rings. The van der Waals surface area contributed by atoms with Crippen LogP contribution in [0, 0.1) is 11.3 Å². The lowest BCUT2D eigenvalue weighted by Gasteiger charge is -2.34. The molecule has 1 aromatic heterocycles. The fourth-order valence-corrected chi connectivity index (χ4v) is 4.19. The van der Waals surface area contributed by atoms with Gasteiger partial charge >= 0.3 is 23.9 Å². The molecule has 0 saturated carbocycles. The number of nitrogens with one attached hydrogen (secondary N) is 2. The maximum atomic E-state index is 14.0. The number of thiophene rings is 1. The van der Waals surface area contributed by atoms with Crippen molar-refractivity contribution in [2.24, 2.45) is 0 Å². The van der Waals surface area contributed by atoms with E-state index in [1.165, 1.54) is 13.8 Å². The van der Waals surface area contributed by atoms with Crippen LogP contribution < -0.4 is 10.6 Å². The Morgan fingerprint density at radius 2 is 1.82 bits per heavy atom. The van der Waals surface area contributed by atoms with E-state index in [-0.39, 0.29) is 23.8 Å². The number of nitriles is 1. The molecule has 1 heterocycles. The average Bonchev–Trinajstić information content (AvgIpc) is 2.97. The summed E-state index contributed by atoms with van der Waals surface area (Å²) >= 11 is 0.972. The first-order valence-corrected chi connectivity index (χ1v) is 9.53. The average molecular weight is 419 g/mol. The summed E-state index contributed by atoms with van der Waals surface area (Å²) in [7, 11) is 0. The first-order chi connectivity index (χ1) is 13.2. The molecule has 28 heavy (non-hydrogen) atoms. The Labute approximate surface area is 163 Å². The predicted molar refractivity (Wildman–Crippen MR) is 94.9 cm³/mol. The predicted octanol–water partition coefficient (Wildman–Crippen LogP) is 3.48. The van der Waals surface area contributed by atoms with Crippen LogP contribution in [0.1, 0.15) is 42.7 Å². The quantitative estimate of drug-likeness (QED) is 0.541. The van der Waals surface area contributed by atoms with Crippen molar-refractivity contribution in [1.29, 1.82) is 5.26 Å². The van der Waals surface area contributed by atoms with Crippen LogP contribution in [-0.4, -0.2) is 37.1 Å². The Balaban J connectivity index is 2.55. The first-order valence-electron chi connectivity index (χ1n) is 8.71.